The normalized spacial score (nSPS) is 22.9. The van der Waals surface area contributed by atoms with Crippen LogP contribution in [0, 0.1) is 0 Å². The highest BCUT2D eigenvalue weighted by Crippen LogP contribution is 2.03. The van der Waals surface area contributed by atoms with Crippen LogP contribution in [0.15, 0.2) is 0 Å². The van der Waals surface area contributed by atoms with Crippen LogP contribution < -0.4 is 5.32 Å². The number of piperazine rings is 1. The first-order chi connectivity index (χ1) is 5.65. The lowest BCUT2D eigenvalue weighted by atomic mass is 10.3. The zero-order valence-corrected chi connectivity index (χ0v) is 8.00. The van der Waals surface area contributed by atoms with Crippen molar-refractivity contribution in [2.45, 2.75) is 13.1 Å². The zero-order valence-electron chi connectivity index (χ0n) is 8.00. The Morgan fingerprint density at radius 2 is 2.17 bits per heavy atom. The molecule has 1 fully saturated rings. The Labute approximate surface area is 73.5 Å². The monoisotopic (exact) mass is 171 g/mol. The smallest absolute Gasteiger partial charge is 0.238 e. The van der Waals surface area contributed by atoms with Crippen LogP contribution in [0.4, 0.5) is 0 Å². The molecule has 1 amide bonds. The summed E-state index contributed by atoms with van der Waals surface area (Å²) in [7, 11) is 3.84. The summed E-state index contributed by atoms with van der Waals surface area (Å²) in [5, 5.41) is 3.07. The summed E-state index contributed by atoms with van der Waals surface area (Å²) >= 11 is 0. The van der Waals surface area contributed by atoms with Gasteiger partial charge in [0.05, 0.1) is 12.7 Å². The molecule has 4 heteroatoms. The molecule has 0 saturated carbocycles. The van der Waals surface area contributed by atoms with E-state index >= 15 is 0 Å². The largest absolute Gasteiger partial charge is 0.325 e. The molecule has 0 aromatic carbocycles. The second-order valence-electron chi connectivity index (χ2n) is 3.29. The van der Waals surface area contributed by atoms with Gasteiger partial charge in [0.25, 0.3) is 0 Å². The first kappa shape index (κ1) is 9.48. The van der Waals surface area contributed by atoms with E-state index in [1.165, 1.54) is 0 Å². The zero-order chi connectivity index (χ0) is 9.14. The fourth-order valence-corrected chi connectivity index (χ4v) is 1.37. The molecule has 1 atom stereocenters. The third-order valence-corrected chi connectivity index (χ3v) is 2.33. The molecule has 1 aliphatic rings. The van der Waals surface area contributed by atoms with Gasteiger partial charge < -0.3 is 10.2 Å². The van der Waals surface area contributed by atoms with Crippen LogP contribution in [0.1, 0.15) is 6.92 Å². The summed E-state index contributed by atoms with van der Waals surface area (Å²) in [6.45, 7) is 4.35. The molecule has 1 heterocycles. The van der Waals surface area contributed by atoms with E-state index in [1.807, 2.05) is 30.8 Å². The summed E-state index contributed by atoms with van der Waals surface area (Å²) in [6.07, 6.45) is 0.159. The minimum absolute atomic E-state index is 0.159. The highest BCUT2D eigenvalue weighted by molar-refractivity contribution is 5.79. The topological polar surface area (TPSA) is 35.6 Å². The molecule has 12 heavy (non-hydrogen) atoms. The second kappa shape index (κ2) is 3.87. The first-order valence-electron chi connectivity index (χ1n) is 4.30. The number of carbonyl (C=O) groups is 1. The average molecular weight is 171 g/mol. The number of rotatable bonds is 2. The third-order valence-electron chi connectivity index (χ3n) is 2.33. The van der Waals surface area contributed by atoms with E-state index in [9.17, 15) is 4.79 Å². The molecule has 1 unspecified atom stereocenters. The summed E-state index contributed by atoms with van der Waals surface area (Å²) in [4.78, 5) is 15.4. The van der Waals surface area contributed by atoms with Gasteiger partial charge >= 0.3 is 0 Å². The molecule has 70 valence electrons. The van der Waals surface area contributed by atoms with Gasteiger partial charge in [0, 0.05) is 13.1 Å². The number of carbonyl (C=O) groups excluding carboxylic acids is 1. The molecule has 1 N–H and O–H groups in total. The predicted octanol–water partition coefficient (Wildman–Crippen LogP) is -0.674. The molecule has 0 aliphatic carbocycles. The summed E-state index contributed by atoms with van der Waals surface area (Å²) in [5.74, 6) is 0.214. The Hall–Kier alpha value is -0.610. The molecule has 1 aliphatic heterocycles. The Morgan fingerprint density at radius 1 is 1.50 bits per heavy atom. The van der Waals surface area contributed by atoms with Gasteiger partial charge in [0.15, 0.2) is 0 Å². The van der Waals surface area contributed by atoms with Gasteiger partial charge in [-0.2, -0.15) is 0 Å². The minimum atomic E-state index is 0.159. The van der Waals surface area contributed by atoms with Gasteiger partial charge in [-0.05, 0) is 21.0 Å². The van der Waals surface area contributed by atoms with Crippen molar-refractivity contribution in [3.8, 4) is 0 Å². The van der Waals surface area contributed by atoms with E-state index in [4.69, 9.17) is 0 Å². The van der Waals surface area contributed by atoms with Gasteiger partial charge in [-0.25, -0.2) is 0 Å². The quantitative estimate of drug-likeness (QED) is 0.598. The van der Waals surface area contributed by atoms with E-state index in [0.29, 0.717) is 6.54 Å². The lowest BCUT2D eigenvalue weighted by molar-refractivity contribution is -0.138. The summed E-state index contributed by atoms with van der Waals surface area (Å²) < 4.78 is 0. The first-order valence-corrected chi connectivity index (χ1v) is 4.30. The van der Waals surface area contributed by atoms with Crippen molar-refractivity contribution in [2.75, 3.05) is 33.7 Å². The van der Waals surface area contributed by atoms with E-state index in [-0.39, 0.29) is 12.1 Å². The van der Waals surface area contributed by atoms with Gasteiger partial charge in [0.2, 0.25) is 5.91 Å². The van der Waals surface area contributed by atoms with Gasteiger partial charge in [-0.1, -0.05) is 0 Å². The standard InChI is InChI=1S/C8H17N3O/c1-7(9-2)11-5-4-10(3)6-8(11)12/h7,9H,4-6H2,1-3H3. The van der Waals surface area contributed by atoms with E-state index in [1.54, 1.807) is 0 Å². The predicted molar refractivity (Wildman–Crippen MR) is 47.7 cm³/mol. The minimum Gasteiger partial charge on any atom is -0.325 e. The number of hydrogen-bond donors (Lipinski definition) is 1. The van der Waals surface area contributed by atoms with Crippen LogP contribution in [0.3, 0.4) is 0 Å². The van der Waals surface area contributed by atoms with Gasteiger partial charge in [-0.15, -0.1) is 0 Å². The molecule has 1 rings (SSSR count). The van der Waals surface area contributed by atoms with Crippen molar-refractivity contribution in [3.05, 3.63) is 0 Å². The van der Waals surface area contributed by atoms with E-state index in [0.717, 1.165) is 13.1 Å². The molecule has 4 nitrogen and oxygen atoms in total. The van der Waals surface area contributed by atoms with Crippen molar-refractivity contribution in [1.82, 2.24) is 15.1 Å². The number of nitrogens with one attached hydrogen (secondary N) is 1. The van der Waals surface area contributed by atoms with Crippen LogP contribution in [0.2, 0.25) is 0 Å². The Bertz CT molecular complexity index is 172. The average Bonchev–Trinajstić information content (AvgIpc) is 2.03. The maximum absolute atomic E-state index is 11.4. The molecule has 0 bridgehead atoms. The maximum Gasteiger partial charge on any atom is 0.238 e. The summed E-state index contributed by atoms with van der Waals surface area (Å²) in [5.41, 5.74) is 0. The molecular formula is C8H17N3O. The molecule has 0 aromatic heterocycles. The van der Waals surface area contributed by atoms with Crippen LogP contribution >= 0.6 is 0 Å². The van der Waals surface area contributed by atoms with Crippen molar-refractivity contribution in [3.63, 3.8) is 0 Å². The van der Waals surface area contributed by atoms with Crippen molar-refractivity contribution >= 4 is 5.91 Å². The van der Waals surface area contributed by atoms with E-state index < -0.39 is 0 Å². The van der Waals surface area contributed by atoms with Gasteiger partial charge in [-0.3, -0.25) is 9.69 Å². The fourth-order valence-electron chi connectivity index (χ4n) is 1.37. The van der Waals surface area contributed by atoms with Crippen molar-refractivity contribution in [1.29, 1.82) is 0 Å². The molecule has 0 aromatic rings. The Balaban J connectivity index is 2.50. The fraction of sp³-hybridized carbons (Fsp3) is 0.875. The van der Waals surface area contributed by atoms with Crippen LogP contribution in [-0.4, -0.2) is 55.6 Å². The van der Waals surface area contributed by atoms with Gasteiger partial charge in [0.1, 0.15) is 0 Å². The molecular weight excluding hydrogens is 154 g/mol. The molecule has 0 radical (unpaired) electrons. The molecule has 1 saturated heterocycles. The lowest BCUT2D eigenvalue weighted by Crippen LogP contribution is -2.55. The SMILES string of the molecule is CNC(C)N1CCN(C)CC1=O. The number of hydrogen-bond acceptors (Lipinski definition) is 3. The summed E-state index contributed by atoms with van der Waals surface area (Å²) in [6, 6.07) is 0. The lowest BCUT2D eigenvalue weighted by Gasteiger charge is -2.35. The number of likely N-dealkylation sites (N-methyl/N-ethyl adjacent to an activating group) is 1. The highest BCUT2D eigenvalue weighted by Gasteiger charge is 2.24. The molecule has 0 spiro atoms. The second-order valence-corrected chi connectivity index (χ2v) is 3.29. The van der Waals surface area contributed by atoms with E-state index in [2.05, 4.69) is 5.32 Å². The van der Waals surface area contributed by atoms with Crippen molar-refractivity contribution < 1.29 is 4.79 Å². The Kier molecular flexibility index (Phi) is 3.05. The Morgan fingerprint density at radius 3 is 2.67 bits per heavy atom. The highest BCUT2D eigenvalue weighted by atomic mass is 16.2. The van der Waals surface area contributed by atoms with Crippen molar-refractivity contribution in [2.24, 2.45) is 0 Å². The number of amides is 1. The third kappa shape index (κ3) is 1.95. The van der Waals surface area contributed by atoms with Crippen LogP contribution in [0.25, 0.3) is 0 Å². The maximum atomic E-state index is 11.4. The van der Waals surface area contributed by atoms with Crippen LogP contribution in [0.5, 0.6) is 0 Å². The van der Waals surface area contributed by atoms with Crippen LogP contribution in [-0.2, 0) is 4.79 Å². The number of nitrogens with zero attached hydrogens (tertiary/aromatic N) is 2.